The first-order valence-corrected chi connectivity index (χ1v) is 8.15. The van der Waals surface area contributed by atoms with Crippen LogP contribution < -0.4 is 5.32 Å². The minimum Gasteiger partial charge on any atom is -0.480 e. The predicted octanol–water partition coefficient (Wildman–Crippen LogP) is 3.46. The largest absolute Gasteiger partial charge is 0.480 e. The zero-order valence-corrected chi connectivity index (χ0v) is 13.0. The van der Waals surface area contributed by atoms with E-state index in [-0.39, 0.29) is 0 Å². The standard InChI is InChI=1S/C16H23NO2S/c1-3-10-17-16(15(18)19)9-8-14(11-16)20-13-6-4-12(2)5-7-13/h4-7,14,17H,3,8-11H2,1-2H3,(H,18,19). The number of benzene rings is 1. The summed E-state index contributed by atoms with van der Waals surface area (Å²) in [5, 5.41) is 13.2. The smallest absolute Gasteiger partial charge is 0.323 e. The van der Waals surface area contributed by atoms with Gasteiger partial charge in [0, 0.05) is 10.1 Å². The maximum atomic E-state index is 11.6. The second-order valence-electron chi connectivity index (χ2n) is 5.61. The van der Waals surface area contributed by atoms with Gasteiger partial charge in [-0.15, -0.1) is 11.8 Å². The fourth-order valence-corrected chi connectivity index (χ4v) is 3.99. The summed E-state index contributed by atoms with van der Waals surface area (Å²) >= 11 is 1.81. The molecule has 1 aromatic rings. The minimum absolute atomic E-state index is 0.387. The molecule has 1 aromatic carbocycles. The Bertz CT molecular complexity index is 460. The van der Waals surface area contributed by atoms with Crippen LogP contribution in [0.3, 0.4) is 0 Å². The highest BCUT2D eigenvalue weighted by atomic mass is 32.2. The molecule has 1 fully saturated rings. The maximum Gasteiger partial charge on any atom is 0.323 e. The zero-order chi connectivity index (χ0) is 14.6. The lowest BCUT2D eigenvalue weighted by Crippen LogP contribution is -2.50. The molecule has 2 rings (SSSR count). The molecule has 0 aliphatic heterocycles. The Morgan fingerprint density at radius 3 is 2.75 bits per heavy atom. The Balaban J connectivity index is 1.99. The third-order valence-electron chi connectivity index (χ3n) is 3.92. The summed E-state index contributed by atoms with van der Waals surface area (Å²) in [6.07, 6.45) is 3.36. The molecule has 20 heavy (non-hydrogen) atoms. The molecule has 0 amide bonds. The number of hydrogen-bond acceptors (Lipinski definition) is 3. The van der Waals surface area contributed by atoms with Crippen LogP contribution in [0.2, 0.25) is 0 Å². The SMILES string of the molecule is CCCNC1(C(=O)O)CCC(Sc2ccc(C)cc2)C1. The van der Waals surface area contributed by atoms with E-state index in [0.717, 1.165) is 25.8 Å². The number of aliphatic carboxylic acids is 1. The molecule has 110 valence electrons. The predicted molar refractivity (Wildman–Crippen MR) is 83.3 cm³/mol. The van der Waals surface area contributed by atoms with Crippen LogP contribution >= 0.6 is 11.8 Å². The van der Waals surface area contributed by atoms with Crippen LogP contribution in [-0.4, -0.2) is 28.4 Å². The summed E-state index contributed by atoms with van der Waals surface area (Å²) in [4.78, 5) is 12.8. The molecule has 1 aliphatic rings. The van der Waals surface area contributed by atoms with Crippen molar-refractivity contribution in [3.8, 4) is 0 Å². The molecule has 0 heterocycles. The van der Waals surface area contributed by atoms with Crippen LogP contribution in [0.4, 0.5) is 0 Å². The van der Waals surface area contributed by atoms with Crippen LogP contribution in [0.5, 0.6) is 0 Å². The number of thioether (sulfide) groups is 1. The quantitative estimate of drug-likeness (QED) is 0.843. The first kappa shape index (κ1) is 15.4. The topological polar surface area (TPSA) is 49.3 Å². The lowest BCUT2D eigenvalue weighted by atomic mass is 9.98. The van der Waals surface area contributed by atoms with Gasteiger partial charge in [0.1, 0.15) is 5.54 Å². The molecule has 0 bridgehead atoms. The molecule has 2 N–H and O–H groups in total. The molecule has 2 atom stereocenters. The number of aryl methyl sites for hydroxylation is 1. The van der Waals surface area contributed by atoms with Crippen molar-refractivity contribution in [3.05, 3.63) is 29.8 Å². The number of carboxylic acids is 1. The van der Waals surface area contributed by atoms with Gasteiger partial charge >= 0.3 is 5.97 Å². The number of rotatable bonds is 6. The molecule has 3 nitrogen and oxygen atoms in total. The van der Waals surface area contributed by atoms with Gasteiger partial charge in [0.05, 0.1) is 0 Å². The van der Waals surface area contributed by atoms with Crippen LogP contribution in [0.25, 0.3) is 0 Å². The summed E-state index contributed by atoms with van der Waals surface area (Å²) in [5.41, 5.74) is 0.545. The van der Waals surface area contributed by atoms with E-state index in [0.29, 0.717) is 11.7 Å². The van der Waals surface area contributed by atoms with Crippen molar-refractivity contribution in [2.75, 3.05) is 6.54 Å². The highest BCUT2D eigenvalue weighted by Gasteiger charge is 2.45. The molecular formula is C16H23NO2S. The summed E-state index contributed by atoms with van der Waals surface area (Å²) in [6.45, 7) is 4.92. The van der Waals surface area contributed by atoms with Crippen molar-refractivity contribution in [1.29, 1.82) is 0 Å². The van der Waals surface area contributed by atoms with Gasteiger partial charge in [0.15, 0.2) is 0 Å². The first-order valence-electron chi connectivity index (χ1n) is 7.27. The molecule has 0 aromatic heterocycles. The van der Waals surface area contributed by atoms with Crippen LogP contribution in [-0.2, 0) is 4.79 Å². The zero-order valence-electron chi connectivity index (χ0n) is 12.2. The molecular weight excluding hydrogens is 270 g/mol. The monoisotopic (exact) mass is 293 g/mol. The summed E-state index contributed by atoms with van der Waals surface area (Å²) in [5.74, 6) is -0.696. The van der Waals surface area contributed by atoms with Crippen molar-refractivity contribution in [2.24, 2.45) is 0 Å². The normalized spacial score (nSPS) is 25.8. The van der Waals surface area contributed by atoms with Crippen molar-refractivity contribution in [3.63, 3.8) is 0 Å². The molecule has 1 aliphatic carbocycles. The van der Waals surface area contributed by atoms with E-state index >= 15 is 0 Å². The van der Waals surface area contributed by atoms with Crippen molar-refractivity contribution in [2.45, 2.75) is 55.2 Å². The lowest BCUT2D eigenvalue weighted by molar-refractivity contribution is -0.144. The molecule has 0 spiro atoms. The van der Waals surface area contributed by atoms with Gasteiger partial charge in [-0.05, 0) is 51.3 Å². The van der Waals surface area contributed by atoms with E-state index in [1.807, 2.05) is 11.8 Å². The summed E-state index contributed by atoms with van der Waals surface area (Å²) in [6, 6.07) is 8.47. The second kappa shape index (κ2) is 6.64. The van der Waals surface area contributed by atoms with E-state index in [2.05, 4.69) is 43.4 Å². The van der Waals surface area contributed by atoms with E-state index in [4.69, 9.17) is 0 Å². The van der Waals surface area contributed by atoms with Crippen LogP contribution in [0.15, 0.2) is 29.2 Å². The van der Waals surface area contributed by atoms with Crippen molar-refractivity contribution < 1.29 is 9.90 Å². The van der Waals surface area contributed by atoms with Gasteiger partial charge in [-0.2, -0.15) is 0 Å². The van der Waals surface area contributed by atoms with E-state index in [1.165, 1.54) is 10.5 Å². The molecule has 0 radical (unpaired) electrons. The molecule has 0 saturated heterocycles. The Hall–Kier alpha value is -1.00. The van der Waals surface area contributed by atoms with E-state index in [9.17, 15) is 9.90 Å². The van der Waals surface area contributed by atoms with Crippen LogP contribution in [0.1, 0.15) is 38.2 Å². The number of carboxylic acid groups (broad SMARTS) is 1. The number of carbonyl (C=O) groups is 1. The first-order chi connectivity index (χ1) is 9.55. The van der Waals surface area contributed by atoms with E-state index < -0.39 is 11.5 Å². The Morgan fingerprint density at radius 2 is 2.15 bits per heavy atom. The van der Waals surface area contributed by atoms with Gasteiger partial charge in [-0.3, -0.25) is 4.79 Å². The molecule has 1 saturated carbocycles. The van der Waals surface area contributed by atoms with Crippen LogP contribution in [0, 0.1) is 6.92 Å². The molecule has 4 heteroatoms. The van der Waals surface area contributed by atoms with Gasteiger partial charge in [0.25, 0.3) is 0 Å². The number of nitrogens with one attached hydrogen (secondary N) is 1. The minimum atomic E-state index is -0.710. The van der Waals surface area contributed by atoms with Gasteiger partial charge in [0.2, 0.25) is 0 Å². The molecule has 2 unspecified atom stereocenters. The highest BCUT2D eigenvalue weighted by Crippen LogP contribution is 2.40. The highest BCUT2D eigenvalue weighted by molar-refractivity contribution is 8.00. The Labute approximate surface area is 125 Å². The Kier molecular flexibility index (Phi) is 5.11. The van der Waals surface area contributed by atoms with Gasteiger partial charge in [-0.1, -0.05) is 24.6 Å². The lowest BCUT2D eigenvalue weighted by Gasteiger charge is -2.25. The average molecular weight is 293 g/mol. The summed E-state index contributed by atoms with van der Waals surface area (Å²) < 4.78 is 0. The number of hydrogen-bond donors (Lipinski definition) is 2. The Morgan fingerprint density at radius 1 is 1.45 bits per heavy atom. The third-order valence-corrected chi connectivity index (χ3v) is 5.20. The van der Waals surface area contributed by atoms with Crippen molar-refractivity contribution in [1.82, 2.24) is 5.32 Å². The van der Waals surface area contributed by atoms with Crippen molar-refractivity contribution >= 4 is 17.7 Å². The fraction of sp³-hybridized carbons (Fsp3) is 0.562. The summed E-state index contributed by atoms with van der Waals surface area (Å²) in [7, 11) is 0. The maximum absolute atomic E-state index is 11.6. The fourth-order valence-electron chi connectivity index (χ4n) is 2.70. The van der Waals surface area contributed by atoms with E-state index in [1.54, 1.807) is 0 Å². The van der Waals surface area contributed by atoms with Gasteiger partial charge in [-0.25, -0.2) is 0 Å². The second-order valence-corrected chi connectivity index (χ2v) is 6.98. The third kappa shape index (κ3) is 3.55. The average Bonchev–Trinajstić information content (AvgIpc) is 2.84. The van der Waals surface area contributed by atoms with Gasteiger partial charge < -0.3 is 10.4 Å².